The van der Waals surface area contributed by atoms with Gasteiger partial charge in [0.25, 0.3) is 0 Å². The van der Waals surface area contributed by atoms with Crippen molar-refractivity contribution in [2.45, 2.75) is 44.6 Å². The fraction of sp³-hybridized carbons (Fsp3) is 0.296. The quantitative estimate of drug-likeness (QED) is 0.341. The first-order chi connectivity index (χ1) is 16.6. The zero-order chi connectivity index (χ0) is 23.5. The van der Waals surface area contributed by atoms with E-state index in [1.807, 2.05) is 54.7 Å². The van der Waals surface area contributed by atoms with Gasteiger partial charge in [-0.3, -0.25) is 14.6 Å². The summed E-state index contributed by atoms with van der Waals surface area (Å²) < 4.78 is 0. The average Bonchev–Trinajstić information content (AvgIpc) is 3.26. The Balaban J connectivity index is 1.19. The van der Waals surface area contributed by atoms with Crippen LogP contribution in [0.4, 0.5) is 5.69 Å². The molecular formula is C27H29N5O2. The SMILES string of the molecule is N[C@@H](Cc1c[nH]c2ccccc12)C(=O)NCCC(=O)Nc1c2c(nc3ccccc13)CCCC2. The zero-order valence-corrected chi connectivity index (χ0v) is 19.1. The van der Waals surface area contributed by atoms with E-state index in [0.717, 1.165) is 70.0 Å². The van der Waals surface area contributed by atoms with Crippen molar-refractivity contribution in [1.29, 1.82) is 0 Å². The molecule has 0 bridgehead atoms. The lowest BCUT2D eigenvalue weighted by molar-refractivity contribution is -0.122. The number of pyridine rings is 1. The number of aryl methyl sites for hydroxylation is 1. The number of amides is 2. The van der Waals surface area contributed by atoms with Crippen molar-refractivity contribution in [2.24, 2.45) is 5.73 Å². The van der Waals surface area contributed by atoms with Crippen LogP contribution in [0.15, 0.2) is 54.7 Å². The second-order valence-corrected chi connectivity index (χ2v) is 8.90. The molecule has 0 saturated carbocycles. The molecule has 2 amide bonds. The van der Waals surface area contributed by atoms with E-state index in [-0.39, 0.29) is 24.8 Å². The molecule has 1 aliphatic carbocycles. The van der Waals surface area contributed by atoms with E-state index in [9.17, 15) is 9.59 Å². The number of carbonyl (C=O) groups excluding carboxylic acids is 2. The van der Waals surface area contributed by atoms with Crippen LogP contribution >= 0.6 is 0 Å². The molecule has 4 aromatic rings. The van der Waals surface area contributed by atoms with Gasteiger partial charge in [0.1, 0.15) is 0 Å². The van der Waals surface area contributed by atoms with Gasteiger partial charge >= 0.3 is 0 Å². The van der Waals surface area contributed by atoms with Crippen LogP contribution in [0, 0.1) is 0 Å². The van der Waals surface area contributed by atoms with Crippen molar-refractivity contribution < 1.29 is 9.59 Å². The van der Waals surface area contributed by atoms with Crippen molar-refractivity contribution in [1.82, 2.24) is 15.3 Å². The third-order valence-corrected chi connectivity index (χ3v) is 6.54. The van der Waals surface area contributed by atoms with Gasteiger partial charge in [-0.15, -0.1) is 0 Å². The Kier molecular flexibility index (Phi) is 6.27. The van der Waals surface area contributed by atoms with Gasteiger partial charge in [0.2, 0.25) is 11.8 Å². The number of carbonyl (C=O) groups is 2. The Morgan fingerprint density at radius 3 is 2.68 bits per heavy atom. The second-order valence-electron chi connectivity index (χ2n) is 8.90. The molecule has 1 atom stereocenters. The summed E-state index contributed by atoms with van der Waals surface area (Å²) in [7, 11) is 0. The number of fused-ring (bicyclic) bond motifs is 3. The molecule has 0 radical (unpaired) electrons. The molecule has 0 spiro atoms. The number of aromatic amines is 1. The van der Waals surface area contributed by atoms with E-state index in [2.05, 4.69) is 15.6 Å². The number of benzene rings is 2. The number of hydrogen-bond acceptors (Lipinski definition) is 4. The Morgan fingerprint density at radius 1 is 1.03 bits per heavy atom. The summed E-state index contributed by atoms with van der Waals surface area (Å²) in [6.07, 6.45) is 6.57. The molecule has 2 aromatic heterocycles. The number of rotatable bonds is 7. The highest BCUT2D eigenvalue weighted by molar-refractivity contribution is 6.02. The smallest absolute Gasteiger partial charge is 0.237 e. The molecule has 2 heterocycles. The maximum absolute atomic E-state index is 12.8. The van der Waals surface area contributed by atoms with Crippen molar-refractivity contribution >= 4 is 39.3 Å². The van der Waals surface area contributed by atoms with Gasteiger partial charge < -0.3 is 21.4 Å². The number of hydrogen-bond donors (Lipinski definition) is 4. The van der Waals surface area contributed by atoms with Crippen molar-refractivity contribution in [3.63, 3.8) is 0 Å². The van der Waals surface area contributed by atoms with Crippen molar-refractivity contribution in [2.75, 3.05) is 11.9 Å². The fourth-order valence-corrected chi connectivity index (χ4v) is 4.78. The molecular weight excluding hydrogens is 426 g/mol. The minimum Gasteiger partial charge on any atom is -0.361 e. The predicted molar refractivity (Wildman–Crippen MR) is 135 cm³/mol. The first kappa shape index (κ1) is 22.1. The van der Waals surface area contributed by atoms with Crippen LogP contribution in [0.1, 0.15) is 36.1 Å². The van der Waals surface area contributed by atoms with Gasteiger partial charge in [0, 0.05) is 41.1 Å². The molecule has 0 aliphatic heterocycles. The third kappa shape index (κ3) is 4.52. The lowest BCUT2D eigenvalue weighted by Gasteiger charge is -2.21. The van der Waals surface area contributed by atoms with E-state index in [1.165, 1.54) is 0 Å². The van der Waals surface area contributed by atoms with Crippen LogP contribution < -0.4 is 16.4 Å². The van der Waals surface area contributed by atoms with Gasteiger partial charge in [0.05, 0.1) is 17.2 Å². The standard InChI is InChI=1S/C27H29N5O2/c28-21(15-17-16-30-22-10-4-1-7-18(17)22)27(34)29-14-13-25(33)32-26-19-8-2-5-11-23(19)31-24-12-6-3-9-20(24)26/h1-2,4-5,7-8,10-11,16,21,30H,3,6,9,12-15,28H2,(H,29,34)(H,31,32,33)/t21-/m0/s1. The summed E-state index contributed by atoms with van der Waals surface area (Å²) in [5.41, 5.74) is 12.2. The maximum atomic E-state index is 12.8. The molecule has 5 rings (SSSR count). The minimum atomic E-state index is -0.682. The second kappa shape index (κ2) is 9.65. The topological polar surface area (TPSA) is 113 Å². The van der Waals surface area contributed by atoms with E-state index in [1.54, 1.807) is 0 Å². The van der Waals surface area contributed by atoms with E-state index in [0.29, 0.717) is 6.42 Å². The average molecular weight is 456 g/mol. The normalized spacial score (nSPS) is 14.0. The Morgan fingerprint density at radius 2 is 1.79 bits per heavy atom. The lowest BCUT2D eigenvalue weighted by atomic mass is 9.92. The number of nitrogens with one attached hydrogen (secondary N) is 3. The van der Waals surface area contributed by atoms with Crippen LogP contribution in [0.3, 0.4) is 0 Å². The predicted octanol–water partition coefficient (Wildman–Crippen LogP) is 3.61. The van der Waals surface area contributed by atoms with Gasteiger partial charge in [0.15, 0.2) is 0 Å². The monoisotopic (exact) mass is 455 g/mol. The van der Waals surface area contributed by atoms with Crippen LogP contribution in [-0.2, 0) is 28.9 Å². The van der Waals surface area contributed by atoms with Gasteiger partial charge in [-0.05, 0) is 55.4 Å². The first-order valence-electron chi connectivity index (χ1n) is 11.9. The highest BCUT2D eigenvalue weighted by Gasteiger charge is 2.20. The number of aromatic nitrogens is 2. The van der Waals surface area contributed by atoms with Crippen LogP contribution in [-0.4, -0.2) is 34.4 Å². The Hall–Kier alpha value is -3.71. The zero-order valence-electron chi connectivity index (χ0n) is 19.1. The molecule has 0 fully saturated rings. The summed E-state index contributed by atoms with van der Waals surface area (Å²) in [5, 5.41) is 7.95. The van der Waals surface area contributed by atoms with E-state index in [4.69, 9.17) is 10.7 Å². The molecule has 5 N–H and O–H groups in total. The van der Waals surface area contributed by atoms with Crippen LogP contribution in [0.5, 0.6) is 0 Å². The maximum Gasteiger partial charge on any atom is 0.237 e. The highest BCUT2D eigenvalue weighted by Crippen LogP contribution is 2.33. The molecule has 2 aromatic carbocycles. The summed E-state index contributed by atoms with van der Waals surface area (Å²) in [5.74, 6) is -0.389. The van der Waals surface area contributed by atoms with Gasteiger partial charge in [-0.2, -0.15) is 0 Å². The van der Waals surface area contributed by atoms with Crippen molar-refractivity contribution in [3.8, 4) is 0 Å². The number of para-hydroxylation sites is 2. The first-order valence-corrected chi connectivity index (χ1v) is 11.9. The Labute approximate surface area is 198 Å². The number of anilines is 1. The largest absolute Gasteiger partial charge is 0.361 e. The number of nitrogens with two attached hydrogens (primary N) is 1. The molecule has 0 unspecified atom stereocenters. The summed E-state index contributed by atoms with van der Waals surface area (Å²) in [4.78, 5) is 33.3. The molecule has 1 aliphatic rings. The number of H-pyrrole nitrogens is 1. The third-order valence-electron chi connectivity index (χ3n) is 6.54. The summed E-state index contributed by atoms with van der Waals surface area (Å²) in [6.45, 7) is 0.234. The lowest BCUT2D eigenvalue weighted by Crippen LogP contribution is -2.42. The van der Waals surface area contributed by atoms with Crippen LogP contribution in [0.25, 0.3) is 21.8 Å². The minimum absolute atomic E-state index is 0.130. The molecule has 34 heavy (non-hydrogen) atoms. The van der Waals surface area contributed by atoms with E-state index >= 15 is 0 Å². The molecule has 7 nitrogen and oxygen atoms in total. The highest BCUT2D eigenvalue weighted by atomic mass is 16.2. The fourth-order valence-electron chi connectivity index (χ4n) is 4.78. The van der Waals surface area contributed by atoms with Crippen molar-refractivity contribution in [3.05, 3.63) is 71.5 Å². The van der Waals surface area contributed by atoms with Gasteiger partial charge in [-0.1, -0.05) is 36.4 Å². The molecule has 7 heteroatoms. The van der Waals surface area contributed by atoms with Crippen LogP contribution in [0.2, 0.25) is 0 Å². The Bertz CT molecular complexity index is 1360. The summed E-state index contributed by atoms with van der Waals surface area (Å²) in [6, 6.07) is 15.2. The van der Waals surface area contributed by atoms with E-state index < -0.39 is 6.04 Å². The molecule has 0 saturated heterocycles. The molecule has 174 valence electrons. The summed E-state index contributed by atoms with van der Waals surface area (Å²) >= 11 is 0. The van der Waals surface area contributed by atoms with Gasteiger partial charge in [-0.25, -0.2) is 0 Å². The number of nitrogens with zero attached hydrogens (tertiary/aromatic N) is 1.